The molecule has 1 aliphatic carbocycles. The zero-order valence-corrected chi connectivity index (χ0v) is 17.5. The van der Waals surface area contributed by atoms with E-state index < -0.39 is 0 Å². The Morgan fingerprint density at radius 3 is 2.90 bits per heavy atom. The zero-order chi connectivity index (χ0) is 20.6. The first-order chi connectivity index (χ1) is 13.8. The first kappa shape index (κ1) is 19.7. The van der Waals surface area contributed by atoms with Crippen molar-refractivity contribution in [2.24, 2.45) is 15.8 Å². The number of para-hydroxylation sites is 1. The number of rotatable bonds is 3. The average Bonchev–Trinajstić information content (AvgIpc) is 3.03. The molecule has 6 nitrogen and oxygen atoms in total. The maximum atomic E-state index is 12.9. The van der Waals surface area contributed by atoms with Crippen molar-refractivity contribution in [1.82, 2.24) is 15.2 Å². The molecule has 2 atom stereocenters. The van der Waals surface area contributed by atoms with E-state index in [0.717, 1.165) is 31.2 Å². The van der Waals surface area contributed by atoms with Crippen LogP contribution in [0.1, 0.15) is 51.3 Å². The van der Waals surface area contributed by atoms with Crippen molar-refractivity contribution in [2.45, 2.75) is 59.0 Å². The van der Waals surface area contributed by atoms with Gasteiger partial charge in [0.25, 0.3) is 0 Å². The van der Waals surface area contributed by atoms with Crippen molar-refractivity contribution in [3.63, 3.8) is 0 Å². The number of nitrogens with zero attached hydrogens (tertiary/aromatic N) is 2. The van der Waals surface area contributed by atoms with Gasteiger partial charge in [0.2, 0.25) is 6.08 Å². The van der Waals surface area contributed by atoms with Crippen LogP contribution in [0.4, 0.5) is 4.79 Å². The van der Waals surface area contributed by atoms with Gasteiger partial charge in [-0.1, -0.05) is 39.0 Å². The quantitative estimate of drug-likeness (QED) is 0.606. The van der Waals surface area contributed by atoms with Crippen LogP contribution in [-0.2, 0) is 17.8 Å². The summed E-state index contributed by atoms with van der Waals surface area (Å²) in [4.78, 5) is 33.1. The number of isocyanates is 1. The summed E-state index contributed by atoms with van der Waals surface area (Å²) in [5, 5.41) is 4.37. The SMILES string of the molecule is CC1(C)CC(N=C=O)CC(C)(CNC(=O)N2CCc3[nH]c4ccccc4c3C2)C1. The smallest absolute Gasteiger partial charge is 0.317 e. The maximum Gasteiger partial charge on any atom is 0.317 e. The number of benzene rings is 1. The fraction of sp³-hybridized carbons (Fsp3) is 0.565. The van der Waals surface area contributed by atoms with Gasteiger partial charge in [-0.15, -0.1) is 0 Å². The van der Waals surface area contributed by atoms with Crippen LogP contribution in [0.15, 0.2) is 29.3 Å². The highest BCUT2D eigenvalue weighted by molar-refractivity contribution is 5.85. The summed E-state index contributed by atoms with van der Waals surface area (Å²) in [6.45, 7) is 8.55. The van der Waals surface area contributed by atoms with Crippen LogP contribution >= 0.6 is 0 Å². The van der Waals surface area contributed by atoms with Gasteiger partial charge >= 0.3 is 6.03 Å². The van der Waals surface area contributed by atoms with E-state index in [1.807, 2.05) is 17.0 Å². The standard InChI is InChI=1S/C23H30N4O2/c1-22(2)10-16(25-15-28)11-23(3,13-22)14-24-21(29)27-9-8-20-18(12-27)17-6-4-5-7-19(17)26-20/h4-7,16,26H,8-14H2,1-3H3,(H,24,29). The van der Waals surface area contributed by atoms with Gasteiger partial charge in [0.15, 0.2) is 0 Å². The molecule has 2 N–H and O–H groups in total. The van der Waals surface area contributed by atoms with Gasteiger partial charge in [0, 0.05) is 48.2 Å². The number of nitrogens with one attached hydrogen (secondary N) is 2. The Bertz CT molecular complexity index is 972. The second kappa shape index (κ2) is 7.34. The predicted molar refractivity (Wildman–Crippen MR) is 113 cm³/mol. The maximum absolute atomic E-state index is 12.9. The van der Waals surface area contributed by atoms with Gasteiger partial charge in [-0.3, -0.25) is 0 Å². The van der Waals surface area contributed by atoms with Crippen molar-refractivity contribution in [2.75, 3.05) is 13.1 Å². The summed E-state index contributed by atoms with van der Waals surface area (Å²) in [5.74, 6) is 0. The van der Waals surface area contributed by atoms with Crippen molar-refractivity contribution in [1.29, 1.82) is 0 Å². The number of hydrogen-bond acceptors (Lipinski definition) is 3. The van der Waals surface area contributed by atoms with Crippen LogP contribution in [-0.4, -0.2) is 41.1 Å². The molecule has 0 bridgehead atoms. The van der Waals surface area contributed by atoms with E-state index in [9.17, 15) is 9.59 Å². The van der Waals surface area contributed by atoms with Crippen molar-refractivity contribution in [3.8, 4) is 0 Å². The highest BCUT2D eigenvalue weighted by Crippen LogP contribution is 2.46. The molecule has 2 aromatic rings. The summed E-state index contributed by atoms with van der Waals surface area (Å²) in [6, 6.07) is 8.25. The van der Waals surface area contributed by atoms with Gasteiger partial charge in [0.1, 0.15) is 0 Å². The lowest BCUT2D eigenvalue weighted by Crippen LogP contribution is -2.49. The molecule has 2 aliphatic rings. The van der Waals surface area contributed by atoms with E-state index >= 15 is 0 Å². The first-order valence-corrected chi connectivity index (χ1v) is 10.5. The minimum Gasteiger partial charge on any atom is -0.358 e. The number of hydrogen-bond donors (Lipinski definition) is 2. The molecule has 1 saturated carbocycles. The number of aliphatic imine (C=N–C) groups is 1. The third-order valence-electron chi connectivity index (χ3n) is 6.49. The first-order valence-electron chi connectivity index (χ1n) is 10.5. The van der Waals surface area contributed by atoms with Crippen LogP contribution < -0.4 is 5.32 Å². The third kappa shape index (κ3) is 4.08. The number of fused-ring (bicyclic) bond motifs is 3. The van der Waals surface area contributed by atoms with Gasteiger partial charge in [0.05, 0.1) is 6.04 Å². The Kier molecular flexibility index (Phi) is 4.99. The molecule has 2 amide bonds. The van der Waals surface area contributed by atoms with Crippen LogP contribution in [0.5, 0.6) is 0 Å². The second-order valence-electron chi connectivity index (χ2n) is 9.89. The molecule has 1 fully saturated rings. The summed E-state index contributed by atoms with van der Waals surface area (Å²) in [5.41, 5.74) is 3.62. The average molecular weight is 395 g/mol. The number of carbonyl (C=O) groups is 1. The molecule has 6 heteroatoms. The Balaban J connectivity index is 1.43. The molecule has 0 saturated heterocycles. The molecular weight excluding hydrogens is 364 g/mol. The van der Waals surface area contributed by atoms with Crippen molar-refractivity contribution < 1.29 is 9.59 Å². The van der Waals surface area contributed by atoms with Crippen LogP contribution in [0, 0.1) is 10.8 Å². The van der Waals surface area contributed by atoms with Crippen LogP contribution in [0.25, 0.3) is 10.9 Å². The zero-order valence-electron chi connectivity index (χ0n) is 17.5. The summed E-state index contributed by atoms with van der Waals surface area (Å²) >= 11 is 0. The molecule has 4 rings (SSSR count). The van der Waals surface area contributed by atoms with E-state index in [4.69, 9.17) is 0 Å². The van der Waals surface area contributed by atoms with Gasteiger partial charge in [-0.25, -0.2) is 14.6 Å². The molecule has 1 aromatic carbocycles. The molecule has 154 valence electrons. The molecule has 2 heterocycles. The summed E-state index contributed by atoms with van der Waals surface area (Å²) in [7, 11) is 0. The number of aromatic nitrogens is 1. The lowest BCUT2D eigenvalue weighted by Gasteiger charge is -2.45. The largest absolute Gasteiger partial charge is 0.358 e. The summed E-state index contributed by atoms with van der Waals surface area (Å²) in [6.07, 6.45) is 5.26. The topological polar surface area (TPSA) is 77.6 Å². The number of aromatic amines is 1. The molecule has 29 heavy (non-hydrogen) atoms. The Hall–Kier alpha value is -2.59. The number of urea groups is 1. The molecule has 2 unspecified atom stereocenters. The van der Waals surface area contributed by atoms with Gasteiger partial charge in [-0.05, 0) is 36.2 Å². The van der Waals surface area contributed by atoms with Crippen molar-refractivity contribution >= 4 is 23.0 Å². The molecular formula is C23H30N4O2. The third-order valence-corrected chi connectivity index (χ3v) is 6.49. The van der Waals surface area contributed by atoms with Crippen molar-refractivity contribution in [3.05, 3.63) is 35.5 Å². The lowest BCUT2D eigenvalue weighted by molar-refractivity contribution is 0.0828. The van der Waals surface area contributed by atoms with Crippen LogP contribution in [0.2, 0.25) is 0 Å². The molecule has 1 aliphatic heterocycles. The molecule has 1 aromatic heterocycles. The van der Waals surface area contributed by atoms with Gasteiger partial charge < -0.3 is 15.2 Å². The normalized spacial score (nSPS) is 25.9. The number of H-pyrrole nitrogens is 1. The number of carbonyl (C=O) groups excluding carboxylic acids is 2. The lowest BCUT2D eigenvalue weighted by atomic mass is 9.63. The minimum atomic E-state index is -0.0792. The van der Waals surface area contributed by atoms with Gasteiger partial charge in [-0.2, -0.15) is 0 Å². The van der Waals surface area contributed by atoms with E-state index in [-0.39, 0.29) is 22.9 Å². The van der Waals surface area contributed by atoms with E-state index in [2.05, 4.69) is 48.2 Å². The van der Waals surface area contributed by atoms with E-state index in [1.165, 1.54) is 16.6 Å². The summed E-state index contributed by atoms with van der Waals surface area (Å²) < 4.78 is 0. The monoisotopic (exact) mass is 394 g/mol. The predicted octanol–water partition coefficient (Wildman–Crippen LogP) is 4.16. The second-order valence-corrected chi connectivity index (χ2v) is 9.89. The number of amides is 2. The molecule has 0 radical (unpaired) electrons. The van der Waals surface area contributed by atoms with E-state index in [0.29, 0.717) is 19.6 Å². The fourth-order valence-corrected chi connectivity index (χ4v) is 5.62. The fourth-order valence-electron chi connectivity index (χ4n) is 5.62. The van der Waals surface area contributed by atoms with Crippen LogP contribution in [0.3, 0.4) is 0 Å². The molecule has 0 spiro atoms. The highest BCUT2D eigenvalue weighted by Gasteiger charge is 2.41. The Morgan fingerprint density at radius 1 is 1.31 bits per heavy atom. The Labute approximate surface area is 171 Å². The van der Waals surface area contributed by atoms with E-state index in [1.54, 1.807) is 6.08 Å². The highest BCUT2D eigenvalue weighted by atomic mass is 16.2. The minimum absolute atomic E-state index is 0.0121. The Morgan fingerprint density at radius 2 is 2.10 bits per heavy atom.